The van der Waals surface area contributed by atoms with Crippen molar-refractivity contribution in [3.8, 4) is 0 Å². The number of nitrogens with zero attached hydrogens (tertiary/aromatic N) is 2. The summed E-state index contributed by atoms with van der Waals surface area (Å²) in [5.41, 5.74) is 4.67. The van der Waals surface area contributed by atoms with E-state index in [1.807, 2.05) is 67.3 Å². The molecule has 12 heteroatoms. The summed E-state index contributed by atoms with van der Waals surface area (Å²) >= 11 is 0. The highest BCUT2D eigenvalue weighted by Crippen LogP contribution is 2.48. The van der Waals surface area contributed by atoms with Crippen molar-refractivity contribution in [2.24, 2.45) is 5.14 Å². The van der Waals surface area contributed by atoms with Crippen LogP contribution in [0.1, 0.15) is 58.1 Å². The highest BCUT2D eigenvalue weighted by Gasteiger charge is 2.44. The number of allylic oxidation sites excluding steroid dienone is 6. The minimum Gasteiger partial charge on any atom is -0.481 e. The minimum absolute atomic E-state index is 0.00183. The fourth-order valence-corrected chi connectivity index (χ4v) is 7.18. The lowest BCUT2D eigenvalue weighted by Crippen LogP contribution is -2.28. The van der Waals surface area contributed by atoms with Crippen LogP contribution in [0.2, 0.25) is 0 Å². The zero-order valence-electron chi connectivity index (χ0n) is 25.4. The topological polar surface area (TPSA) is 158 Å². The SMILES string of the molecule is CC1(C)C(=CC=CC=CC2=[N+](CCCCS(=O)(=O)O)c3ccccc3C2(C)C)N(CCC(=O)O)c2ccc(S(N)(=O)=O)cc21. The third-order valence-electron chi connectivity index (χ3n) is 8.30. The predicted molar refractivity (Wildman–Crippen MR) is 172 cm³/mol. The molecular weight excluding hydrogens is 603 g/mol. The molecule has 0 amide bonds. The number of primary sulfonamides is 1. The molecule has 2 aromatic carbocycles. The van der Waals surface area contributed by atoms with Crippen molar-refractivity contribution in [2.75, 3.05) is 23.7 Å². The third-order valence-corrected chi connectivity index (χ3v) is 10.0. The van der Waals surface area contributed by atoms with Crippen LogP contribution in [-0.4, -0.2) is 61.6 Å². The van der Waals surface area contributed by atoms with Gasteiger partial charge in [0.25, 0.3) is 10.1 Å². The number of anilines is 1. The molecule has 2 aliphatic heterocycles. The smallest absolute Gasteiger partial charge is 0.305 e. The maximum atomic E-state index is 12.0. The summed E-state index contributed by atoms with van der Waals surface area (Å²) in [7, 11) is -7.93. The lowest BCUT2D eigenvalue weighted by Gasteiger charge is -2.26. The van der Waals surface area contributed by atoms with Gasteiger partial charge < -0.3 is 10.0 Å². The summed E-state index contributed by atoms with van der Waals surface area (Å²) in [6.07, 6.45) is 10.5. The Labute approximate surface area is 259 Å². The molecule has 0 saturated heterocycles. The van der Waals surface area contributed by atoms with Gasteiger partial charge in [-0.3, -0.25) is 9.35 Å². The van der Waals surface area contributed by atoms with E-state index < -0.39 is 31.5 Å². The Kier molecular flexibility index (Phi) is 9.41. The van der Waals surface area contributed by atoms with E-state index in [9.17, 15) is 26.7 Å². The summed E-state index contributed by atoms with van der Waals surface area (Å²) < 4.78 is 57.8. The van der Waals surface area contributed by atoms with Crippen LogP contribution in [0.4, 0.5) is 11.4 Å². The molecule has 4 rings (SSSR count). The van der Waals surface area contributed by atoms with Crippen molar-refractivity contribution >= 4 is 43.2 Å². The molecule has 2 heterocycles. The summed E-state index contributed by atoms with van der Waals surface area (Å²) in [4.78, 5) is 13.3. The van der Waals surface area contributed by atoms with Gasteiger partial charge in [0, 0.05) is 47.5 Å². The maximum Gasteiger partial charge on any atom is 0.305 e. The van der Waals surface area contributed by atoms with Crippen LogP contribution >= 0.6 is 0 Å². The molecule has 4 N–H and O–H groups in total. The number of hydrogen-bond donors (Lipinski definition) is 3. The Morgan fingerprint density at radius 3 is 2.32 bits per heavy atom. The number of hydrogen-bond acceptors (Lipinski definition) is 6. The van der Waals surface area contributed by atoms with E-state index in [2.05, 4.69) is 24.5 Å². The van der Waals surface area contributed by atoms with Crippen LogP contribution in [0.25, 0.3) is 0 Å². The van der Waals surface area contributed by atoms with E-state index in [4.69, 9.17) is 9.69 Å². The Hall–Kier alpha value is -3.58. The number of rotatable bonds is 12. The van der Waals surface area contributed by atoms with E-state index >= 15 is 0 Å². The molecule has 44 heavy (non-hydrogen) atoms. The van der Waals surface area contributed by atoms with E-state index in [1.54, 1.807) is 12.1 Å². The molecule has 0 saturated carbocycles. The van der Waals surface area contributed by atoms with Gasteiger partial charge >= 0.3 is 5.97 Å². The van der Waals surface area contributed by atoms with Gasteiger partial charge in [0.15, 0.2) is 5.71 Å². The average molecular weight is 643 g/mol. The number of aliphatic carboxylic acids is 1. The van der Waals surface area contributed by atoms with Gasteiger partial charge in [0.1, 0.15) is 6.54 Å². The van der Waals surface area contributed by atoms with Gasteiger partial charge in [0.2, 0.25) is 15.7 Å². The molecule has 2 aliphatic rings. The molecule has 0 unspecified atom stereocenters. The molecule has 10 nitrogen and oxygen atoms in total. The summed E-state index contributed by atoms with van der Waals surface area (Å²) in [5.74, 6) is -1.21. The first kappa shape index (κ1) is 33.3. The second-order valence-electron chi connectivity index (χ2n) is 12.1. The summed E-state index contributed by atoms with van der Waals surface area (Å²) in [5, 5.41) is 14.8. The molecule has 0 aliphatic carbocycles. The van der Waals surface area contributed by atoms with Crippen LogP contribution < -0.4 is 10.0 Å². The van der Waals surface area contributed by atoms with E-state index in [-0.39, 0.29) is 29.0 Å². The van der Waals surface area contributed by atoms with Crippen molar-refractivity contribution in [1.29, 1.82) is 0 Å². The van der Waals surface area contributed by atoms with Gasteiger partial charge in [-0.15, -0.1) is 0 Å². The molecule has 0 bridgehead atoms. The van der Waals surface area contributed by atoms with Gasteiger partial charge in [-0.1, -0.05) is 50.3 Å². The lowest BCUT2D eigenvalue weighted by molar-refractivity contribution is -0.438. The quantitative estimate of drug-likeness (QED) is 0.131. The van der Waals surface area contributed by atoms with Crippen molar-refractivity contribution in [3.63, 3.8) is 0 Å². The Morgan fingerprint density at radius 1 is 0.955 bits per heavy atom. The number of carboxylic acids is 1. The monoisotopic (exact) mass is 642 g/mol. The number of benzene rings is 2. The number of fused-ring (bicyclic) bond motifs is 2. The average Bonchev–Trinajstić information content (AvgIpc) is 3.27. The molecule has 0 atom stereocenters. The Balaban J connectivity index is 1.64. The molecule has 0 aromatic heterocycles. The van der Waals surface area contributed by atoms with Gasteiger partial charge in [0.05, 0.1) is 22.5 Å². The molecule has 0 fully saturated rings. The third kappa shape index (κ3) is 7.04. The van der Waals surface area contributed by atoms with Crippen molar-refractivity contribution < 1.29 is 35.9 Å². The first-order chi connectivity index (χ1) is 20.4. The highest BCUT2D eigenvalue weighted by molar-refractivity contribution is 7.89. The number of carboxylic acid groups (broad SMARTS) is 1. The zero-order valence-corrected chi connectivity index (χ0v) is 27.0. The fraction of sp³-hybridized carbons (Fsp3) is 0.375. The predicted octanol–water partition coefficient (Wildman–Crippen LogP) is 4.65. The standard InChI is InChI=1S/C32H39N3O7S2/c1-31(2)24-12-8-9-13-26(24)34(19-10-11-21-43(38,39)40)28(31)14-6-5-7-15-29-32(3,4)25-22-23(44(33,41)42)16-17-27(25)35(29)20-18-30(36)37/h5-9,12-17,22H,10-11,18-21H2,1-4H3,(H3-,33,36,37,38,39,40,41,42)/p+1. The molecule has 2 aromatic rings. The van der Waals surface area contributed by atoms with Crippen LogP contribution in [0.5, 0.6) is 0 Å². The largest absolute Gasteiger partial charge is 0.481 e. The van der Waals surface area contributed by atoms with Crippen molar-refractivity contribution in [1.82, 2.24) is 0 Å². The van der Waals surface area contributed by atoms with E-state index in [1.165, 1.54) is 11.6 Å². The Bertz CT molecular complexity index is 1800. The number of para-hydroxylation sites is 1. The van der Waals surface area contributed by atoms with Gasteiger partial charge in [-0.05, 0) is 50.1 Å². The van der Waals surface area contributed by atoms with Crippen LogP contribution in [0.3, 0.4) is 0 Å². The Morgan fingerprint density at radius 2 is 1.66 bits per heavy atom. The van der Waals surface area contributed by atoms with Crippen LogP contribution in [0.15, 0.2) is 83.4 Å². The molecule has 0 spiro atoms. The number of carbonyl (C=O) groups is 1. The number of nitrogens with two attached hydrogens (primary N) is 1. The van der Waals surface area contributed by atoms with Crippen molar-refractivity contribution in [3.05, 3.63) is 89.7 Å². The molecule has 0 radical (unpaired) electrons. The first-order valence-corrected chi connectivity index (χ1v) is 17.5. The normalized spacial score (nSPS) is 18.5. The van der Waals surface area contributed by atoms with Crippen LogP contribution in [0, 0.1) is 0 Å². The lowest BCUT2D eigenvalue weighted by atomic mass is 9.81. The number of sulfonamides is 1. The summed E-state index contributed by atoms with van der Waals surface area (Å²) in [6.45, 7) is 9.02. The summed E-state index contributed by atoms with van der Waals surface area (Å²) in [6, 6.07) is 12.8. The molecule has 236 valence electrons. The number of unbranched alkanes of at least 4 members (excludes halogenated alkanes) is 1. The van der Waals surface area contributed by atoms with Gasteiger partial charge in [-0.2, -0.15) is 13.0 Å². The van der Waals surface area contributed by atoms with Gasteiger partial charge in [-0.25, -0.2) is 13.6 Å². The fourth-order valence-electron chi connectivity index (χ4n) is 6.07. The second kappa shape index (κ2) is 12.4. The maximum absolute atomic E-state index is 12.0. The minimum atomic E-state index is -4.01. The van der Waals surface area contributed by atoms with E-state index in [0.717, 1.165) is 28.3 Å². The highest BCUT2D eigenvalue weighted by atomic mass is 32.2. The van der Waals surface area contributed by atoms with Crippen LogP contribution in [-0.2, 0) is 35.8 Å². The van der Waals surface area contributed by atoms with Crippen molar-refractivity contribution in [2.45, 2.75) is 62.7 Å². The first-order valence-electron chi connectivity index (χ1n) is 14.4. The second-order valence-corrected chi connectivity index (χ2v) is 15.2. The molecular formula is C32H40N3O7S2+. The van der Waals surface area contributed by atoms with E-state index in [0.29, 0.717) is 19.4 Å². The zero-order chi connectivity index (χ0) is 32.5.